The minimum Gasteiger partial charge on any atom is -0.395 e. The van der Waals surface area contributed by atoms with Gasteiger partial charge in [-0.25, -0.2) is 4.98 Å². The van der Waals surface area contributed by atoms with Crippen LogP contribution in [0.25, 0.3) is 21.7 Å². The number of aliphatic hydroxyl groups excluding tert-OH is 1. The molecule has 12 heteroatoms. The highest BCUT2D eigenvalue weighted by Crippen LogP contribution is 2.32. The molecule has 4 aromatic rings. The zero-order chi connectivity index (χ0) is 28.4. The summed E-state index contributed by atoms with van der Waals surface area (Å²) in [6.45, 7) is 6.58. The molecule has 212 valence electrons. The minimum absolute atomic E-state index is 0.0577. The number of imidazole rings is 1. The van der Waals surface area contributed by atoms with Gasteiger partial charge in [0.15, 0.2) is 11.6 Å². The molecular formula is C28H33ClN6O4S. The molecule has 5 rings (SSSR count). The topological polar surface area (TPSA) is 117 Å². The maximum Gasteiger partial charge on any atom is 0.287 e. The Morgan fingerprint density at radius 1 is 1.23 bits per heavy atom. The summed E-state index contributed by atoms with van der Waals surface area (Å²) in [4.78, 5) is 35.8. The van der Waals surface area contributed by atoms with Crippen LogP contribution in [-0.4, -0.2) is 86.8 Å². The summed E-state index contributed by atoms with van der Waals surface area (Å²) < 4.78 is 8.03. The van der Waals surface area contributed by atoms with Gasteiger partial charge in [-0.15, -0.1) is 11.3 Å². The third-order valence-electron chi connectivity index (χ3n) is 7.27. The molecule has 0 unspecified atom stereocenters. The van der Waals surface area contributed by atoms with Gasteiger partial charge in [-0.1, -0.05) is 16.8 Å². The first-order valence-electron chi connectivity index (χ1n) is 13.4. The average molecular weight is 585 g/mol. The second-order valence-electron chi connectivity index (χ2n) is 10.3. The summed E-state index contributed by atoms with van der Waals surface area (Å²) >= 11 is 7.48. The fourth-order valence-electron chi connectivity index (χ4n) is 4.99. The van der Waals surface area contributed by atoms with Crippen molar-refractivity contribution in [2.75, 3.05) is 33.3 Å². The Labute approximate surface area is 241 Å². The number of aliphatic hydroxyl groups is 1. The van der Waals surface area contributed by atoms with Gasteiger partial charge in [0.25, 0.3) is 11.8 Å². The van der Waals surface area contributed by atoms with Gasteiger partial charge in [0, 0.05) is 50.4 Å². The van der Waals surface area contributed by atoms with Crippen LogP contribution in [-0.2, 0) is 6.54 Å². The summed E-state index contributed by atoms with van der Waals surface area (Å²) in [7, 11) is 1.63. The number of nitrogens with one attached hydrogen (secondary N) is 1. The standard InChI is InChI=1S/C28H33ClN6O4S/c1-17(2)34-10-8-19(9-11-34)30-27(37)26-31-21-14-18(28(38)33(3)12-13-36)4-5-22(21)35(26)16-20-15-23(39-32-20)24-6-7-25(29)40-24/h4-7,14-15,17,19,36H,8-13,16H2,1-3H3,(H,30,37). The predicted octanol–water partition coefficient (Wildman–Crippen LogP) is 4.12. The van der Waals surface area contributed by atoms with Crippen LogP contribution in [0.4, 0.5) is 0 Å². The molecule has 4 heterocycles. The summed E-state index contributed by atoms with van der Waals surface area (Å²) in [5.74, 6) is 0.347. The average Bonchev–Trinajstić information content (AvgIpc) is 3.67. The normalized spacial score (nSPS) is 14.8. The smallest absolute Gasteiger partial charge is 0.287 e. The number of carbonyl (C=O) groups excluding carboxylic acids is 2. The highest BCUT2D eigenvalue weighted by Gasteiger charge is 2.26. The summed E-state index contributed by atoms with van der Waals surface area (Å²) in [6.07, 6.45) is 1.74. The minimum atomic E-state index is -0.266. The second-order valence-corrected chi connectivity index (χ2v) is 12.1. The Bertz CT molecular complexity index is 1500. The van der Waals surface area contributed by atoms with Gasteiger partial charge in [-0.2, -0.15) is 0 Å². The molecule has 1 aromatic carbocycles. The molecule has 0 radical (unpaired) electrons. The lowest BCUT2D eigenvalue weighted by Gasteiger charge is -2.34. The Hall–Kier alpha value is -3.25. The number of hydrogen-bond donors (Lipinski definition) is 2. The van der Waals surface area contributed by atoms with Crippen molar-refractivity contribution < 1.29 is 19.2 Å². The lowest BCUT2D eigenvalue weighted by atomic mass is 10.0. The van der Waals surface area contributed by atoms with Crippen LogP contribution in [0.2, 0.25) is 4.34 Å². The van der Waals surface area contributed by atoms with Crippen molar-refractivity contribution in [2.45, 2.75) is 45.3 Å². The zero-order valence-electron chi connectivity index (χ0n) is 22.8. The highest BCUT2D eigenvalue weighted by molar-refractivity contribution is 7.19. The molecule has 3 aromatic heterocycles. The fourth-order valence-corrected chi connectivity index (χ4v) is 5.98. The third-order valence-corrected chi connectivity index (χ3v) is 8.52. The number of thiophene rings is 1. The predicted molar refractivity (Wildman–Crippen MR) is 155 cm³/mol. The molecule has 0 aliphatic carbocycles. The Morgan fingerprint density at radius 3 is 2.67 bits per heavy atom. The Morgan fingerprint density at radius 2 is 2.00 bits per heavy atom. The van der Waals surface area contributed by atoms with E-state index in [9.17, 15) is 14.7 Å². The van der Waals surface area contributed by atoms with E-state index in [2.05, 4.69) is 34.2 Å². The molecule has 0 saturated carbocycles. The van der Waals surface area contributed by atoms with Crippen LogP contribution in [0.5, 0.6) is 0 Å². The van der Waals surface area contributed by atoms with Crippen LogP contribution >= 0.6 is 22.9 Å². The van der Waals surface area contributed by atoms with E-state index >= 15 is 0 Å². The van der Waals surface area contributed by atoms with Crippen LogP contribution in [0, 0.1) is 0 Å². The fraction of sp³-hybridized carbons (Fsp3) is 0.429. The lowest BCUT2D eigenvalue weighted by molar-refractivity contribution is 0.0766. The number of fused-ring (bicyclic) bond motifs is 1. The van der Waals surface area contributed by atoms with E-state index in [1.807, 2.05) is 16.7 Å². The maximum atomic E-state index is 13.6. The summed E-state index contributed by atoms with van der Waals surface area (Å²) in [5.41, 5.74) is 2.28. The first kappa shape index (κ1) is 28.3. The van der Waals surface area contributed by atoms with Crippen molar-refractivity contribution >= 4 is 45.8 Å². The van der Waals surface area contributed by atoms with Gasteiger partial charge in [-0.05, 0) is 57.0 Å². The van der Waals surface area contributed by atoms with E-state index in [0.29, 0.717) is 38.4 Å². The van der Waals surface area contributed by atoms with Gasteiger partial charge in [0.2, 0.25) is 0 Å². The molecule has 10 nitrogen and oxygen atoms in total. The third kappa shape index (κ3) is 6.07. The second kappa shape index (κ2) is 12.1. The van der Waals surface area contributed by atoms with Gasteiger partial charge >= 0.3 is 0 Å². The molecule has 1 saturated heterocycles. The Kier molecular flexibility index (Phi) is 8.55. The molecule has 2 N–H and O–H groups in total. The number of amides is 2. The highest BCUT2D eigenvalue weighted by atomic mass is 35.5. The number of carbonyl (C=O) groups is 2. The van der Waals surface area contributed by atoms with E-state index in [1.165, 1.54) is 16.2 Å². The molecule has 1 aliphatic rings. The molecule has 1 fully saturated rings. The molecule has 0 spiro atoms. The van der Waals surface area contributed by atoms with Crippen LogP contribution < -0.4 is 5.32 Å². The van der Waals surface area contributed by atoms with Crippen molar-refractivity contribution in [1.29, 1.82) is 0 Å². The molecular weight excluding hydrogens is 552 g/mol. The number of hydrogen-bond acceptors (Lipinski definition) is 8. The number of aromatic nitrogens is 3. The Balaban J connectivity index is 1.45. The van der Waals surface area contributed by atoms with E-state index < -0.39 is 0 Å². The molecule has 1 aliphatic heterocycles. The van der Waals surface area contributed by atoms with Crippen molar-refractivity contribution in [3.05, 3.63) is 57.8 Å². The van der Waals surface area contributed by atoms with E-state index in [-0.39, 0.29) is 43.4 Å². The maximum absolute atomic E-state index is 13.6. The van der Waals surface area contributed by atoms with Crippen molar-refractivity contribution in [2.24, 2.45) is 0 Å². The largest absolute Gasteiger partial charge is 0.395 e. The lowest BCUT2D eigenvalue weighted by Crippen LogP contribution is -2.47. The molecule has 0 bridgehead atoms. The van der Waals surface area contributed by atoms with E-state index in [4.69, 9.17) is 16.1 Å². The van der Waals surface area contributed by atoms with Crippen LogP contribution in [0.15, 0.2) is 40.9 Å². The number of likely N-dealkylation sites (tertiary alicyclic amines) is 1. The van der Waals surface area contributed by atoms with Crippen LogP contribution in [0.1, 0.15) is 53.4 Å². The monoisotopic (exact) mass is 584 g/mol. The number of benzene rings is 1. The molecule has 0 atom stereocenters. The number of likely N-dealkylation sites (N-methyl/N-ethyl adjacent to an activating group) is 1. The first-order valence-corrected chi connectivity index (χ1v) is 14.6. The summed E-state index contributed by atoms with van der Waals surface area (Å²) in [5, 5.41) is 16.6. The van der Waals surface area contributed by atoms with Gasteiger partial charge in [0.1, 0.15) is 5.69 Å². The van der Waals surface area contributed by atoms with E-state index in [1.54, 1.807) is 31.3 Å². The zero-order valence-corrected chi connectivity index (χ0v) is 24.3. The number of nitrogens with zero attached hydrogens (tertiary/aromatic N) is 5. The van der Waals surface area contributed by atoms with Crippen molar-refractivity contribution in [3.8, 4) is 10.6 Å². The van der Waals surface area contributed by atoms with Gasteiger partial charge < -0.3 is 29.3 Å². The van der Waals surface area contributed by atoms with Crippen molar-refractivity contribution in [3.63, 3.8) is 0 Å². The first-order chi connectivity index (χ1) is 19.2. The van der Waals surface area contributed by atoms with Gasteiger partial charge in [-0.3, -0.25) is 9.59 Å². The quantitative estimate of drug-likeness (QED) is 0.304. The summed E-state index contributed by atoms with van der Waals surface area (Å²) in [6, 6.07) is 11.2. The molecule has 40 heavy (non-hydrogen) atoms. The van der Waals surface area contributed by atoms with Gasteiger partial charge in [0.05, 0.1) is 33.4 Å². The SMILES string of the molecule is CC(C)N1CCC(NC(=O)c2nc3cc(C(=O)N(C)CCO)ccc3n2Cc2cc(-c3ccc(Cl)s3)on2)CC1. The van der Waals surface area contributed by atoms with Crippen LogP contribution in [0.3, 0.4) is 0 Å². The van der Waals surface area contributed by atoms with E-state index in [0.717, 1.165) is 30.8 Å². The molecule has 2 amide bonds. The van der Waals surface area contributed by atoms with Crippen molar-refractivity contribution in [1.82, 2.24) is 29.8 Å². The number of halogens is 1. The number of piperidine rings is 1. The number of rotatable bonds is 9.